The number of carbonyl (C=O) groups is 1. The average Bonchev–Trinajstić information content (AvgIpc) is 3.33. The van der Waals surface area contributed by atoms with Crippen LogP contribution in [0.1, 0.15) is 59.3 Å². The largest absolute Gasteiger partial charge is 0.383 e. The number of nitrogens with zero attached hydrogens (tertiary/aromatic N) is 4. The number of methoxy groups -OCH3 is 1. The Labute approximate surface area is 165 Å². The summed E-state index contributed by atoms with van der Waals surface area (Å²) in [5, 5.41) is 9.45. The fourth-order valence-electron chi connectivity index (χ4n) is 3.61. The molecule has 1 fully saturated rings. The summed E-state index contributed by atoms with van der Waals surface area (Å²) in [4.78, 5) is 12.9. The number of ketones is 1. The molecular formula is C20H28N4O2S. The predicted molar refractivity (Wildman–Crippen MR) is 108 cm³/mol. The maximum atomic E-state index is 12.9. The molecule has 2 aromatic heterocycles. The van der Waals surface area contributed by atoms with Gasteiger partial charge >= 0.3 is 0 Å². The molecule has 2 heterocycles. The Morgan fingerprint density at radius 2 is 2.19 bits per heavy atom. The van der Waals surface area contributed by atoms with Crippen molar-refractivity contribution in [2.24, 2.45) is 0 Å². The molecule has 0 bridgehead atoms. The predicted octanol–water partition coefficient (Wildman–Crippen LogP) is 3.94. The fourth-order valence-corrected chi connectivity index (χ4v) is 4.45. The Kier molecular flexibility index (Phi) is 6.22. The van der Waals surface area contributed by atoms with E-state index in [2.05, 4.69) is 32.8 Å². The lowest BCUT2D eigenvalue weighted by atomic mass is 10.2. The minimum atomic E-state index is 0.116. The third kappa shape index (κ3) is 4.19. The molecule has 1 aliphatic carbocycles. The molecule has 1 unspecified atom stereocenters. The van der Waals surface area contributed by atoms with Crippen molar-refractivity contribution in [3.8, 4) is 0 Å². The molecule has 7 heteroatoms. The molecular weight excluding hydrogens is 360 g/mol. The van der Waals surface area contributed by atoms with Gasteiger partial charge in [0.2, 0.25) is 0 Å². The zero-order valence-corrected chi connectivity index (χ0v) is 17.4. The van der Waals surface area contributed by atoms with Gasteiger partial charge in [0, 0.05) is 36.5 Å². The minimum Gasteiger partial charge on any atom is -0.383 e. The minimum absolute atomic E-state index is 0.116. The second kappa shape index (κ2) is 8.44. The molecule has 0 aromatic carbocycles. The molecule has 0 radical (unpaired) electrons. The zero-order chi connectivity index (χ0) is 19.6. The van der Waals surface area contributed by atoms with Crippen LogP contribution in [0.2, 0.25) is 0 Å². The Bertz CT molecular complexity index is 835. The van der Waals surface area contributed by atoms with Gasteiger partial charge in [0.25, 0.3) is 0 Å². The Morgan fingerprint density at radius 3 is 2.81 bits per heavy atom. The number of aryl methyl sites for hydroxylation is 1. The van der Waals surface area contributed by atoms with Crippen LogP contribution in [0.15, 0.2) is 23.9 Å². The van der Waals surface area contributed by atoms with Crippen LogP contribution in [0.4, 0.5) is 0 Å². The van der Waals surface area contributed by atoms with E-state index in [0.29, 0.717) is 24.8 Å². The molecule has 1 atom stereocenters. The number of rotatable bonds is 10. The highest BCUT2D eigenvalue weighted by Gasteiger charge is 2.30. The number of ether oxygens (including phenoxy) is 1. The molecule has 27 heavy (non-hydrogen) atoms. The van der Waals surface area contributed by atoms with Crippen molar-refractivity contribution >= 4 is 17.5 Å². The normalized spacial score (nSPS) is 15.1. The average molecular weight is 389 g/mol. The number of hydrogen-bond donors (Lipinski definition) is 0. The highest BCUT2D eigenvalue weighted by atomic mass is 32.2. The van der Waals surface area contributed by atoms with Crippen molar-refractivity contribution in [3.63, 3.8) is 0 Å². The van der Waals surface area contributed by atoms with Crippen LogP contribution in [0, 0.1) is 13.8 Å². The summed E-state index contributed by atoms with van der Waals surface area (Å²) < 4.78 is 9.53. The van der Waals surface area contributed by atoms with E-state index in [1.54, 1.807) is 7.11 Å². The topological polar surface area (TPSA) is 61.9 Å². The SMILES string of the molecule is C=CCn1c(SCC(=O)c2cc(C)n(C(C)COC)c2C)nnc1C1CC1. The molecule has 6 nitrogen and oxygen atoms in total. The van der Waals surface area contributed by atoms with Gasteiger partial charge in [0.05, 0.1) is 18.4 Å². The number of aromatic nitrogens is 4. The van der Waals surface area contributed by atoms with Crippen LogP contribution in [-0.2, 0) is 11.3 Å². The summed E-state index contributed by atoms with van der Waals surface area (Å²) in [6, 6.07) is 2.18. The van der Waals surface area contributed by atoms with Crippen molar-refractivity contribution in [2.75, 3.05) is 19.5 Å². The Balaban J connectivity index is 1.73. The van der Waals surface area contributed by atoms with Crippen LogP contribution >= 0.6 is 11.8 Å². The molecule has 2 aromatic rings. The van der Waals surface area contributed by atoms with Gasteiger partial charge in [-0.05, 0) is 39.7 Å². The standard InChI is InChI=1S/C20H28N4O2S/c1-6-9-23-19(16-7-8-16)21-22-20(23)27-12-18(25)17-10-13(2)24(15(17)4)14(3)11-26-5/h6,10,14,16H,1,7-9,11-12H2,2-5H3. The molecule has 0 saturated heterocycles. The second-order valence-corrected chi connectivity index (χ2v) is 8.13. The molecule has 1 aliphatic rings. The van der Waals surface area contributed by atoms with Gasteiger partial charge in [-0.3, -0.25) is 4.79 Å². The van der Waals surface area contributed by atoms with E-state index in [0.717, 1.165) is 27.9 Å². The molecule has 0 amide bonds. The summed E-state index contributed by atoms with van der Waals surface area (Å²) in [5.74, 6) is 2.01. The van der Waals surface area contributed by atoms with E-state index in [1.165, 1.54) is 24.6 Å². The maximum absolute atomic E-state index is 12.9. The smallest absolute Gasteiger partial charge is 0.191 e. The first-order chi connectivity index (χ1) is 13.0. The first kappa shape index (κ1) is 19.9. The quantitative estimate of drug-likeness (QED) is 0.350. The third-order valence-electron chi connectivity index (χ3n) is 4.97. The van der Waals surface area contributed by atoms with Crippen molar-refractivity contribution in [2.45, 2.75) is 57.3 Å². The summed E-state index contributed by atoms with van der Waals surface area (Å²) in [6.45, 7) is 11.3. The van der Waals surface area contributed by atoms with Crippen LogP contribution < -0.4 is 0 Å². The summed E-state index contributed by atoms with van der Waals surface area (Å²) in [7, 11) is 1.70. The number of hydrogen-bond acceptors (Lipinski definition) is 5. The molecule has 146 valence electrons. The first-order valence-corrected chi connectivity index (χ1v) is 10.3. The van der Waals surface area contributed by atoms with Gasteiger partial charge in [0.15, 0.2) is 10.9 Å². The van der Waals surface area contributed by atoms with Crippen molar-refractivity contribution < 1.29 is 9.53 Å². The molecule has 1 saturated carbocycles. The number of allylic oxidation sites excluding steroid dienone is 1. The molecule has 0 N–H and O–H groups in total. The van der Waals surface area contributed by atoms with Gasteiger partial charge in [-0.25, -0.2) is 0 Å². The summed E-state index contributed by atoms with van der Waals surface area (Å²) in [5.41, 5.74) is 2.85. The zero-order valence-electron chi connectivity index (χ0n) is 16.6. The molecule has 0 spiro atoms. The van der Waals surface area contributed by atoms with E-state index >= 15 is 0 Å². The Hall–Kier alpha value is -1.86. The van der Waals surface area contributed by atoms with Crippen LogP contribution in [0.3, 0.4) is 0 Å². The van der Waals surface area contributed by atoms with E-state index < -0.39 is 0 Å². The van der Waals surface area contributed by atoms with Crippen LogP contribution in [0.25, 0.3) is 0 Å². The number of Topliss-reactive ketones (excluding diaryl/α,β-unsaturated/α-hetero) is 1. The van der Waals surface area contributed by atoms with Crippen molar-refractivity contribution in [1.29, 1.82) is 0 Å². The number of thioether (sulfide) groups is 1. The van der Waals surface area contributed by atoms with E-state index in [1.807, 2.05) is 26.0 Å². The summed E-state index contributed by atoms with van der Waals surface area (Å²) in [6.07, 6.45) is 4.20. The van der Waals surface area contributed by atoms with E-state index in [-0.39, 0.29) is 11.8 Å². The van der Waals surface area contributed by atoms with Gasteiger partial charge in [0.1, 0.15) is 5.82 Å². The van der Waals surface area contributed by atoms with E-state index in [4.69, 9.17) is 4.74 Å². The highest BCUT2D eigenvalue weighted by molar-refractivity contribution is 7.99. The Morgan fingerprint density at radius 1 is 1.44 bits per heavy atom. The van der Waals surface area contributed by atoms with Crippen molar-refractivity contribution in [3.05, 3.63) is 41.5 Å². The maximum Gasteiger partial charge on any atom is 0.191 e. The molecule has 3 rings (SSSR count). The fraction of sp³-hybridized carbons (Fsp3) is 0.550. The first-order valence-electron chi connectivity index (χ1n) is 9.35. The lowest BCUT2D eigenvalue weighted by molar-refractivity contribution is 0.102. The highest BCUT2D eigenvalue weighted by Crippen LogP contribution is 2.40. The van der Waals surface area contributed by atoms with Gasteiger partial charge in [-0.15, -0.1) is 16.8 Å². The van der Waals surface area contributed by atoms with Crippen LogP contribution in [-0.4, -0.2) is 44.6 Å². The number of carbonyl (C=O) groups excluding carboxylic acids is 1. The lowest BCUT2D eigenvalue weighted by Gasteiger charge is -2.17. The van der Waals surface area contributed by atoms with E-state index in [9.17, 15) is 4.79 Å². The third-order valence-corrected chi connectivity index (χ3v) is 5.93. The summed E-state index contributed by atoms with van der Waals surface area (Å²) >= 11 is 1.46. The lowest BCUT2D eigenvalue weighted by Crippen LogP contribution is -2.15. The van der Waals surface area contributed by atoms with Gasteiger partial charge < -0.3 is 13.9 Å². The van der Waals surface area contributed by atoms with Gasteiger partial charge in [-0.1, -0.05) is 17.8 Å². The second-order valence-electron chi connectivity index (χ2n) is 7.19. The van der Waals surface area contributed by atoms with Gasteiger partial charge in [-0.2, -0.15) is 0 Å². The monoisotopic (exact) mass is 388 g/mol. The van der Waals surface area contributed by atoms with Crippen LogP contribution in [0.5, 0.6) is 0 Å². The molecule has 0 aliphatic heterocycles. The van der Waals surface area contributed by atoms with Crippen molar-refractivity contribution in [1.82, 2.24) is 19.3 Å².